The molecule has 1 N–H and O–H groups in total. The first-order valence-electron chi connectivity index (χ1n) is 10.0. The van der Waals surface area contributed by atoms with Crippen LogP contribution in [0.4, 0.5) is 5.69 Å². The van der Waals surface area contributed by atoms with Gasteiger partial charge in [-0.3, -0.25) is 9.59 Å². The summed E-state index contributed by atoms with van der Waals surface area (Å²) in [7, 11) is -3.61. The number of nitrogens with zero attached hydrogens (tertiary/aromatic N) is 1. The number of benzene rings is 2. The van der Waals surface area contributed by atoms with E-state index in [9.17, 15) is 18.0 Å². The fourth-order valence-corrected chi connectivity index (χ4v) is 4.99. The molecular weight excluding hydrogens is 404 g/mol. The van der Waals surface area contributed by atoms with Gasteiger partial charge in [-0.2, -0.15) is 4.31 Å². The van der Waals surface area contributed by atoms with Gasteiger partial charge in [-0.15, -0.1) is 0 Å². The summed E-state index contributed by atoms with van der Waals surface area (Å²) in [5.74, 6) is -0.922. The molecule has 30 heavy (non-hydrogen) atoms. The lowest BCUT2D eigenvalue weighted by molar-refractivity contribution is -0.142. The van der Waals surface area contributed by atoms with E-state index in [4.69, 9.17) is 4.74 Å². The first-order chi connectivity index (χ1) is 14.4. The van der Waals surface area contributed by atoms with Crippen molar-refractivity contribution in [3.8, 4) is 0 Å². The molecule has 7 nitrogen and oxygen atoms in total. The van der Waals surface area contributed by atoms with Crippen LogP contribution in [0.15, 0.2) is 59.5 Å². The number of nitrogens with one attached hydrogen (secondary N) is 1. The zero-order valence-corrected chi connectivity index (χ0v) is 17.7. The van der Waals surface area contributed by atoms with E-state index >= 15 is 0 Å². The van der Waals surface area contributed by atoms with Gasteiger partial charge in [0.15, 0.2) is 0 Å². The van der Waals surface area contributed by atoms with Gasteiger partial charge in [0.05, 0.1) is 23.8 Å². The van der Waals surface area contributed by atoms with Gasteiger partial charge in [0.1, 0.15) is 0 Å². The Balaban J connectivity index is 1.61. The van der Waals surface area contributed by atoms with Crippen molar-refractivity contribution in [1.82, 2.24) is 4.31 Å². The minimum Gasteiger partial charge on any atom is -0.466 e. The second-order valence-corrected chi connectivity index (χ2v) is 9.12. The van der Waals surface area contributed by atoms with E-state index in [2.05, 4.69) is 5.32 Å². The monoisotopic (exact) mass is 430 g/mol. The third-order valence-electron chi connectivity index (χ3n) is 5.01. The van der Waals surface area contributed by atoms with Crippen LogP contribution in [0.2, 0.25) is 0 Å². The molecule has 1 unspecified atom stereocenters. The fraction of sp³-hybridized carbons (Fsp3) is 0.364. The summed E-state index contributed by atoms with van der Waals surface area (Å²) in [5.41, 5.74) is 1.40. The molecule has 8 heteroatoms. The topological polar surface area (TPSA) is 92.8 Å². The standard InChI is InChI=1S/C22H26N2O5S/c1-2-29-21(25)15-17-10-12-19(13-11-17)23-22(26)18-7-6-14-24(16-18)30(27,28)20-8-4-3-5-9-20/h3-5,8-13,18H,2,6-7,14-16H2,1H3,(H,23,26). The van der Waals surface area contributed by atoms with E-state index in [1.807, 2.05) is 0 Å². The fourth-order valence-electron chi connectivity index (χ4n) is 3.45. The largest absolute Gasteiger partial charge is 0.466 e. The molecule has 0 aliphatic carbocycles. The maximum atomic E-state index is 12.8. The highest BCUT2D eigenvalue weighted by molar-refractivity contribution is 7.89. The Hall–Kier alpha value is -2.71. The van der Waals surface area contributed by atoms with Crippen molar-refractivity contribution in [2.45, 2.75) is 31.1 Å². The molecule has 1 fully saturated rings. The van der Waals surface area contributed by atoms with Crippen molar-refractivity contribution in [1.29, 1.82) is 0 Å². The summed E-state index contributed by atoms with van der Waals surface area (Å²) in [6, 6.07) is 15.3. The number of ether oxygens (including phenoxy) is 1. The summed E-state index contributed by atoms with van der Waals surface area (Å²) in [6.07, 6.45) is 1.44. The number of carbonyl (C=O) groups is 2. The van der Waals surface area contributed by atoms with E-state index in [0.717, 1.165) is 5.56 Å². The Morgan fingerprint density at radius 2 is 1.80 bits per heavy atom. The molecule has 0 bridgehead atoms. The molecule has 0 spiro atoms. The molecule has 1 amide bonds. The molecule has 1 saturated heterocycles. The van der Waals surface area contributed by atoms with Crippen molar-refractivity contribution in [2.24, 2.45) is 5.92 Å². The second kappa shape index (κ2) is 9.86. The summed E-state index contributed by atoms with van der Waals surface area (Å²) < 4.78 is 32.0. The number of rotatable bonds is 7. The van der Waals surface area contributed by atoms with Crippen molar-refractivity contribution in [2.75, 3.05) is 25.0 Å². The number of esters is 1. The Kier molecular flexibility index (Phi) is 7.23. The number of hydrogen-bond acceptors (Lipinski definition) is 5. The maximum absolute atomic E-state index is 12.8. The van der Waals surface area contributed by atoms with Gasteiger partial charge in [0, 0.05) is 18.8 Å². The molecule has 1 heterocycles. The average Bonchev–Trinajstić information content (AvgIpc) is 2.76. The molecule has 160 valence electrons. The smallest absolute Gasteiger partial charge is 0.310 e. The lowest BCUT2D eigenvalue weighted by Crippen LogP contribution is -2.43. The van der Waals surface area contributed by atoms with Crippen LogP contribution < -0.4 is 5.32 Å². The molecule has 0 radical (unpaired) electrons. The summed E-state index contributed by atoms with van der Waals surface area (Å²) in [5, 5.41) is 2.85. The van der Waals surface area contributed by atoms with Crippen LogP contribution >= 0.6 is 0 Å². The number of hydrogen-bond donors (Lipinski definition) is 1. The predicted octanol–water partition coefficient (Wildman–Crippen LogP) is 2.83. The third kappa shape index (κ3) is 5.46. The Bertz CT molecular complexity index is 974. The van der Waals surface area contributed by atoms with E-state index in [1.165, 1.54) is 4.31 Å². The van der Waals surface area contributed by atoms with Gasteiger partial charge in [-0.05, 0) is 49.6 Å². The summed E-state index contributed by atoms with van der Waals surface area (Å²) in [4.78, 5) is 24.5. The number of piperidine rings is 1. The molecule has 1 aliphatic heterocycles. The van der Waals surface area contributed by atoms with Gasteiger partial charge in [0.2, 0.25) is 15.9 Å². The Labute approximate surface area is 177 Å². The van der Waals surface area contributed by atoms with E-state index in [0.29, 0.717) is 31.7 Å². The highest BCUT2D eigenvalue weighted by Crippen LogP contribution is 2.25. The van der Waals surface area contributed by atoms with Crippen LogP contribution in [0.3, 0.4) is 0 Å². The van der Waals surface area contributed by atoms with Gasteiger partial charge >= 0.3 is 5.97 Å². The SMILES string of the molecule is CCOC(=O)Cc1ccc(NC(=O)C2CCCN(S(=O)(=O)c3ccccc3)C2)cc1. The molecular formula is C22H26N2O5S. The van der Waals surface area contributed by atoms with Crippen LogP contribution in [-0.2, 0) is 30.8 Å². The predicted molar refractivity (Wildman–Crippen MR) is 113 cm³/mol. The Morgan fingerprint density at radius 1 is 1.10 bits per heavy atom. The summed E-state index contributed by atoms with van der Waals surface area (Å²) >= 11 is 0. The first-order valence-corrected chi connectivity index (χ1v) is 11.4. The molecule has 2 aromatic carbocycles. The molecule has 0 aromatic heterocycles. The van der Waals surface area contributed by atoms with Gasteiger partial charge in [-0.25, -0.2) is 8.42 Å². The van der Waals surface area contributed by atoms with Crippen molar-refractivity contribution in [3.63, 3.8) is 0 Å². The molecule has 3 rings (SSSR count). The van der Waals surface area contributed by atoms with Gasteiger partial charge < -0.3 is 10.1 Å². The third-order valence-corrected chi connectivity index (χ3v) is 6.89. The quantitative estimate of drug-likeness (QED) is 0.682. The average molecular weight is 431 g/mol. The molecule has 2 aromatic rings. The van der Waals surface area contributed by atoms with Crippen molar-refractivity contribution >= 4 is 27.6 Å². The van der Waals surface area contributed by atoms with Gasteiger partial charge in [0.25, 0.3) is 0 Å². The summed E-state index contributed by atoms with van der Waals surface area (Å²) in [6.45, 7) is 2.66. The molecule has 1 atom stereocenters. The second-order valence-electron chi connectivity index (χ2n) is 7.18. The van der Waals surface area contributed by atoms with Crippen molar-refractivity contribution in [3.05, 3.63) is 60.2 Å². The lowest BCUT2D eigenvalue weighted by Gasteiger charge is -2.31. The van der Waals surface area contributed by atoms with Crippen LogP contribution in [0.1, 0.15) is 25.3 Å². The minimum absolute atomic E-state index is 0.157. The van der Waals surface area contributed by atoms with Crippen molar-refractivity contribution < 1.29 is 22.7 Å². The highest BCUT2D eigenvalue weighted by Gasteiger charge is 2.33. The van der Waals surface area contributed by atoms with E-state index < -0.39 is 15.9 Å². The van der Waals surface area contributed by atoms with Gasteiger partial charge in [-0.1, -0.05) is 30.3 Å². The highest BCUT2D eigenvalue weighted by atomic mass is 32.2. The van der Waals surface area contributed by atoms with Crippen LogP contribution in [0.25, 0.3) is 0 Å². The molecule has 0 saturated carbocycles. The van der Waals surface area contributed by atoms with Crippen LogP contribution in [0.5, 0.6) is 0 Å². The minimum atomic E-state index is -3.61. The number of amides is 1. The maximum Gasteiger partial charge on any atom is 0.310 e. The first kappa shape index (κ1) is 22.0. The number of sulfonamides is 1. The van der Waals surface area contributed by atoms with Crippen LogP contribution in [-0.4, -0.2) is 44.3 Å². The lowest BCUT2D eigenvalue weighted by atomic mass is 9.98. The zero-order chi connectivity index (χ0) is 21.6. The van der Waals surface area contributed by atoms with E-state index in [-0.39, 0.29) is 29.7 Å². The zero-order valence-electron chi connectivity index (χ0n) is 16.9. The van der Waals surface area contributed by atoms with Crippen LogP contribution in [0, 0.1) is 5.92 Å². The van der Waals surface area contributed by atoms with E-state index in [1.54, 1.807) is 61.5 Å². The Morgan fingerprint density at radius 3 is 2.47 bits per heavy atom. The molecule has 1 aliphatic rings. The number of carbonyl (C=O) groups excluding carboxylic acids is 2. The number of anilines is 1. The normalized spacial score (nSPS) is 17.3.